The first-order chi connectivity index (χ1) is 13.1. The predicted octanol–water partition coefficient (Wildman–Crippen LogP) is 3.39. The number of rotatable bonds is 7. The van der Waals surface area contributed by atoms with Crippen molar-refractivity contribution in [1.82, 2.24) is 14.8 Å². The molecule has 7 nitrogen and oxygen atoms in total. The molecule has 1 aromatic heterocycles. The van der Waals surface area contributed by atoms with Crippen LogP contribution in [0.2, 0.25) is 0 Å². The lowest BCUT2D eigenvalue weighted by atomic mass is 10.2. The maximum absolute atomic E-state index is 12.2. The predicted molar refractivity (Wildman–Crippen MR) is 104 cm³/mol. The molecule has 0 aliphatic carbocycles. The highest BCUT2D eigenvalue weighted by Crippen LogP contribution is 2.24. The molecule has 2 aromatic carbocycles. The van der Waals surface area contributed by atoms with E-state index in [-0.39, 0.29) is 17.2 Å². The number of anilines is 1. The van der Waals surface area contributed by atoms with Crippen LogP contribution < -0.4 is 5.32 Å². The Morgan fingerprint density at radius 1 is 1.07 bits per heavy atom. The minimum Gasteiger partial charge on any atom is -0.478 e. The van der Waals surface area contributed by atoms with E-state index < -0.39 is 5.97 Å². The van der Waals surface area contributed by atoms with Gasteiger partial charge in [0.2, 0.25) is 5.91 Å². The molecular formula is C19H18N4O3S. The van der Waals surface area contributed by atoms with E-state index in [4.69, 9.17) is 5.11 Å². The van der Waals surface area contributed by atoms with Crippen LogP contribution in [-0.2, 0) is 11.3 Å². The number of carbonyl (C=O) groups is 2. The average molecular weight is 382 g/mol. The number of thioether (sulfide) groups is 1. The fourth-order valence-electron chi connectivity index (χ4n) is 2.50. The number of nitrogens with one attached hydrogen (secondary N) is 1. The molecule has 3 rings (SSSR count). The van der Waals surface area contributed by atoms with E-state index in [0.717, 1.165) is 11.4 Å². The van der Waals surface area contributed by atoms with Gasteiger partial charge in [-0.3, -0.25) is 4.79 Å². The minimum atomic E-state index is -1.00. The third-order valence-electron chi connectivity index (χ3n) is 3.81. The van der Waals surface area contributed by atoms with Crippen molar-refractivity contribution >= 4 is 29.3 Å². The third kappa shape index (κ3) is 4.53. The fraction of sp³-hybridized carbons (Fsp3) is 0.158. The van der Waals surface area contributed by atoms with Gasteiger partial charge < -0.3 is 15.0 Å². The Kier molecular flexibility index (Phi) is 5.87. The van der Waals surface area contributed by atoms with Crippen molar-refractivity contribution in [2.75, 3.05) is 11.1 Å². The van der Waals surface area contributed by atoms with Crippen LogP contribution >= 0.6 is 11.8 Å². The summed E-state index contributed by atoms with van der Waals surface area (Å²) < 4.78 is 1.97. The molecule has 1 heterocycles. The number of aromatic carboxylic acids is 1. The van der Waals surface area contributed by atoms with Crippen molar-refractivity contribution < 1.29 is 14.7 Å². The molecule has 0 bridgehead atoms. The Hall–Kier alpha value is -3.13. The molecule has 0 radical (unpaired) electrons. The van der Waals surface area contributed by atoms with Gasteiger partial charge >= 0.3 is 5.97 Å². The van der Waals surface area contributed by atoms with Gasteiger partial charge in [0, 0.05) is 17.8 Å². The summed E-state index contributed by atoms with van der Waals surface area (Å²) in [5, 5.41) is 20.8. The molecule has 1 amide bonds. The number of nitrogens with zero attached hydrogens (tertiary/aromatic N) is 3. The summed E-state index contributed by atoms with van der Waals surface area (Å²) in [6.45, 7) is 2.70. The zero-order valence-corrected chi connectivity index (χ0v) is 15.4. The van der Waals surface area contributed by atoms with E-state index >= 15 is 0 Å². The highest BCUT2D eigenvalue weighted by Gasteiger charge is 2.14. The van der Waals surface area contributed by atoms with E-state index in [9.17, 15) is 9.59 Å². The van der Waals surface area contributed by atoms with Gasteiger partial charge in [0.05, 0.1) is 11.3 Å². The quantitative estimate of drug-likeness (QED) is 0.608. The Bertz CT molecular complexity index is 939. The molecule has 8 heteroatoms. The summed E-state index contributed by atoms with van der Waals surface area (Å²) in [7, 11) is 0. The molecule has 0 spiro atoms. The molecule has 0 aliphatic heterocycles. The zero-order chi connectivity index (χ0) is 19.2. The van der Waals surface area contributed by atoms with Crippen LogP contribution in [0.1, 0.15) is 17.3 Å². The first kappa shape index (κ1) is 18.7. The second-order valence-corrected chi connectivity index (χ2v) is 6.58. The van der Waals surface area contributed by atoms with Crippen LogP contribution in [0, 0.1) is 0 Å². The van der Waals surface area contributed by atoms with E-state index in [1.807, 2.05) is 41.8 Å². The number of carboxylic acid groups (broad SMARTS) is 1. The van der Waals surface area contributed by atoms with Gasteiger partial charge in [-0.05, 0) is 31.2 Å². The van der Waals surface area contributed by atoms with E-state index in [1.165, 1.54) is 23.9 Å². The molecule has 0 unspecified atom stereocenters. The largest absolute Gasteiger partial charge is 0.478 e. The molecule has 0 saturated heterocycles. The van der Waals surface area contributed by atoms with Crippen molar-refractivity contribution in [2.45, 2.75) is 18.6 Å². The summed E-state index contributed by atoms with van der Waals surface area (Å²) in [5.41, 5.74) is 1.70. The topological polar surface area (TPSA) is 97.1 Å². The van der Waals surface area contributed by atoms with Crippen LogP contribution in [0.5, 0.6) is 0 Å². The summed E-state index contributed by atoms with van der Waals surface area (Å²) >= 11 is 1.31. The number of aromatic nitrogens is 3. The molecule has 2 N–H and O–H groups in total. The number of carbonyl (C=O) groups excluding carboxylic acids is 1. The van der Waals surface area contributed by atoms with Crippen LogP contribution in [0.4, 0.5) is 5.69 Å². The van der Waals surface area contributed by atoms with Gasteiger partial charge in [-0.1, -0.05) is 42.1 Å². The number of benzene rings is 2. The van der Waals surface area contributed by atoms with Gasteiger partial charge in [0.25, 0.3) is 0 Å². The van der Waals surface area contributed by atoms with Crippen molar-refractivity contribution in [3.63, 3.8) is 0 Å². The van der Waals surface area contributed by atoms with E-state index in [1.54, 1.807) is 12.1 Å². The Labute approximate surface area is 160 Å². The molecular weight excluding hydrogens is 364 g/mol. The lowest BCUT2D eigenvalue weighted by Crippen LogP contribution is -2.14. The number of amides is 1. The fourth-order valence-corrected chi connectivity index (χ4v) is 3.31. The SMILES string of the molecule is CCn1c(SCC(=O)Nc2ccc(C(=O)O)cc2)nnc1-c1ccccc1. The van der Waals surface area contributed by atoms with Crippen molar-refractivity contribution in [3.8, 4) is 11.4 Å². The van der Waals surface area contributed by atoms with Gasteiger partial charge in [-0.2, -0.15) is 0 Å². The maximum atomic E-state index is 12.2. The third-order valence-corrected chi connectivity index (χ3v) is 4.78. The summed E-state index contributed by atoms with van der Waals surface area (Å²) in [6.07, 6.45) is 0. The summed E-state index contributed by atoms with van der Waals surface area (Å²) in [4.78, 5) is 23.0. The Morgan fingerprint density at radius 3 is 2.41 bits per heavy atom. The van der Waals surface area contributed by atoms with Crippen LogP contribution in [-0.4, -0.2) is 37.5 Å². The second-order valence-electron chi connectivity index (χ2n) is 5.64. The molecule has 138 valence electrons. The van der Waals surface area contributed by atoms with Crippen LogP contribution in [0.3, 0.4) is 0 Å². The second kappa shape index (κ2) is 8.50. The number of hydrogen-bond acceptors (Lipinski definition) is 5. The lowest BCUT2D eigenvalue weighted by molar-refractivity contribution is -0.113. The molecule has 0 atom stereocenters. The maximum Gasteiger partial charge on any atom is 0.335 e. The smallest absolute Gasteiger partial charge is 0.335 e. The average Bonchev–Trinajstić information content (AvgIpc) is 3.10. The van der Waals surface area contributed by atoms with Crippen molar-refractivity contribution in [3.05, 3.63) is 60.2 Å². The Morgan fingerprint density at radius 2 is 1.78 bits per heavy atom. The summed E-state index contributed by atoms with van der Waals surface area (Å²) in [6, 6.07) is 15.8. The molecule has 3 aromatic rings. The van der Waals surface area contributed by atoms with Crippen molar-refractivity contribution in [2.24, 2.45) is 0 Å². The molecule has 0 aliphatic rings. The number of carboxylic acids is 1. The number of hydrogen-bond donors (Lipinski definition) is 2. The molecule has 0 saturated carbocycles. The Balaban J connectivity index is 1.63. The lowest BCUT2D eigenvalue weighted by Gasteiger charge is -2.08. The van der Waals surface area contributed by atoms with Gasteiger partial charge in [-0.15, -0.1) is 10.2 Å². The first-order valence-corrected chi connectivity index (χ1v) is 9.31. The van der Waals surface area contributed by atoms with Gasteiger partial charge in [0.15, 0.2) is 11.0 Å². The first-order valence-electron chi connectivity index (χ1n) is 8.33. The van der Waals surface area contributed by atoms with E-state index in [2.05, 4.69) is 15.5 Å². The van der Waals surface area contributed by atoms with Crippen LogP contribution in [0.25, 0.3) is 11.4 Å². The standard InChI is InChI=1S/C19H18N4O3S/c1-2-23-17(13-6-4-3-5-7-13)21-22-19(23)27-12-16(24)20-15-10-8-14(9-11-15)18(25)26/h3-11H,2,12H2,1H3,(H,20,24)(H,25,26). The highest BCUT2D eigenvalue weighted by atomic mass is 32.2. The van der Waals surface area contributed by atoms with Gasteiger partial charge in [-0.25, -0.2) is 4.79 Å². The van der Waals surface area contributed by atoms with Crippen molar-refractivity contribution in [1.29, 1.82) is 0 Å². The highest BCUT2D eigenvalue weighted by molar-refractivity contribution is 7.99. The zero-order valence-electron chi connectivity index (χ0n) is 14.6. The van der Waals surface area contributed by atoms with E-state index in [0.29, 0.717) is 17.4 Å². The normalized spacial score (nSPS) is 10.6. The minimum absolute atomic E-state index is 0.173. The summed E-state index contributed by atoms with van der Waals surface area (Å²) in [5.74, 6) is -0.259. The molecule has 27 heavy (non-hydrogen) atoms. The monoisotopic (exact) mass is 382 g/mol. The molecule has 0 fully saturated rings. The van der Waals surface area contributed by atoms with Crippen LogP contribution in [0.15, 0.2) is 59.8 Å². The van der Waals surface area contributed by atoms with Gasteiger partial charge in [0.1, 0.15) is 0 Å².